The number of hydrogen-bond donors (Lipinski definition) is 1. The molecule has 0 saturated heterocycles. The molecule has 0 heterocycles. The zero-order valence-corrected chi connectivity index (χ0v) is 13.5. The van der Waals surface area contributed by atoms with Gasteiger partial charge in [-0.3, -0.25) is 14.8 Å². The summed E-state index contributed by atoms with van der Waals surface area (Å²) >= 11 is 0. The van der Waals surface area contributed by atoms with E-state index in [1.54, 1.807) is 19.1 Å². The lowest BCUT2D eigenvalue weighted by Crippen LogP contribution is -2.13. The highest BCUT2D eigenvalue weighted by atomic mass is 32.2. The lowest BCUT2D eigenvalue weighted by Gasteiger charge is -2.10. The quantitative estimate of drug-likeness (QED) is 0.645. The molecule has 2 aromatic carbocycles. The molecule has 1 N–H and O–H groups in total. The van der Waals surface area contributed by atoms with Gasteiger partial charge < -0.3 is 4.74 Å². The summed E-state index contributed by atoms with van der Waals surface area (Å²) < 4.78 is 32.1. The monoisotopic (exact) mass is 336 g/mol. The second-order valence-corrected chi connectivity index (χ2v) is 6.47. The molecule has 0 fully saturated rings. The molecular weight excluding hydrogens is 320 g/mol. The normalized spacial score (nSPS) is 11.0. The lowest BCUT2D eigenvalue weighted by molar-refractivity contribution is -0.385. The van der Waals surface area contributed by atoms with Gasteiger partial charge >= 0.3 is 5.69 Å². The van der Waals surface area contributed by atoms with E-state index in [-0.39, 0.29) is 28.6 Å². The van der Waals surface area contributed by atoms with Crippen molar-refractivity contribution in [2.24, 2.45) is 0 Å². The van der Waals surface area contributed by atoms with Crippen molar-refractivity contribution in [1.82, 2.24) is 0 Å². The van der Waals surface area contributed by atoms with E-state index in [2.05, 4.69) is 4.72 Å². The Morgan fingerprint density at radius 2 is 1.83 bits per heavy atom. The number of hydrogen-bond acceptors (Lipinski definition) is 5. The predicted octanol–water partition coefficient (Wildman–Crippen LogP) is 3.10. The van der Waals surface area contributed by atoms with Crippen LogP contribution in [-0.2, 0) is 10.0 Å². The first-order chi connectivity index (χ1) is 10.8. The summed E-state index contributed by atoms with van der Waals surface area (Å²) in [6.45, 7) is 3.83. The molecule has 0 atom stereocenters. The molecule has 0 aromatic heterocycles. The second kappa shape index (κ2) is 6.66. The van der Waals surface area contributed by atoms with Gasteiger partial charge in [-0.2, -0.15) is 0 Å². The average Bonchev–Trinajstić information content (AvgIpc) is 2.49. The number of nitrogens with zero attached hydrogens (tertiary/aromatic N) is 1. The Kier molecular flexibility index (Phi) is 4.85. The Morgan fingerprint density at radius 3 is 2.39 bits per heavy atom. The third-order valence-electron chi connectivity index (χ3n) is 3.04. The van der Waals surface area contributed by atoms with Gasteiger partial charge in [0.25, 0.3) is 10.0 Å². The van der Waals surface area contributed by atoms with Crippen molar-refractivity contribution in [2.75, 3.05) is 11.3 Å². The third-order valence-corrected chi connectivity index (χ3v) is 4.44. The Hall–Kier alpha value is -2.61. The minimum Gasteiger partial charge on any atom is -0.487 e. The third kappa shape index (κ3) is 3.98. The zero-order valence-electron chi connectivity index (χ0n) is 12.6. The van der Waals surface area contributed by atoms with Crippen molar-refractivity contribution in [3.05, 3.63) is 58.1 Å². The van der Waals surface area contributed by atoms with Crippen molar-refractivity contribution >= 4 is 21.4 Å². The molecule has 2 aromatic rings. The Labute approximate surface area is 134 Å². The smallest absolute Gasteiger partial charge is 0.313 e. The molecule has 0 aliphatic rings. The predicted molar refractivity (Wildman–Crippen MR) is 86.3 cm³/mol. The highest BCUT2D eigenvalue weighted by Crippen LogP contribution is 2.31. The summed E-state index contributed by atoms with van der Waals surface area (Å²) in [5.74, 6) is 0.0933. The van der Waals surface area contributed by atoms with Gasteiger partial charge in [0.2, 0.25) is 0 Å². The van der Waals surface area contributed by atoms with E-state index >= 15 is 0 Å². The Balaban J connectivity index is 2.34. The van der Waals surface area contributed by atoms with Gasteiger partial charge in [-0.1, -0.05) is 17.7 Å². The largest absolute Gasteiger partial charge is 0.487 e. The van der Waals surface area contributed by atoms with Crippen molar-refractivity contribution in [2.45, 2.75) is 18.7 Å². The van der Waals surface area contributed by atoms with E-state index in [9.17, 15) is 18.5 Å². The first kappa shape index (κ1) is 16.8. The average molecular weight is 336 g/mol. The molecule has 2 rings (SSSR count). The molecule has 23 heavy (non-hydrogen) atoms. The molecule has 0 unspecified atom stereocenters. The molecule has 7 nitrogen and oxygen atoms in total. The number of nitro benzene ring substituents is 1. The minimum atomic E-state index is -3.81. The van der Waals surface area contributed by atoms with Crippen LogP contribution in [0.4, 0.5) is 11.4 Å². The molecule has 0 aliphatic carbocycles. The van der Waals surface area contributed by atoms with Crippen molar-refractivity contribution in [3.8, 4) is 5.75 Å². The molecular formula is C15H16N2O5S. The fourth-order valence-corrected chi connectivity index (χ4v) is 2.98. The Morgan fingerprint density at radius 1 is 1.17 bits per heavy atom. The number of aryl methyl sites for hydroxylation is 1. The maximum absolute atomic E-state index is 12.3. The topological polar surface area (TPSA) is 98.5 Å². The number of anilines is 1. The Bertz CT molecular complexity index is 816. The van der Waals surface area contributed by atoms with E-state index in [0.717, 1.165) is 11.6 Å². The fraction of sp³-hybridized carbons (Fsp3) is 0.200. The van der Waals surface area contributed by atoms with E-state index in [4.69, 9.17) is 4.74 Å². The lowest BCUT2D eigenvalue weighted by atomic mass is 10.2. The molecule has 0 aliphatic heterocycles. The number of nitro groups is 1. The van der Waals surface area contributed by atoms with Crippen molar-refractivity contribution < 1.29 is 18.1 Å². The van der Waals surface area contributed by atoms with Crippen LogP contribution in [0.2, 0.25) is 0 Å². The maximum Gasteiger partial charge on any atom is 0.313 e. The molecule has 0 spiro atoms. The molecule has 0 amide bonds. The van der Waals surface area contributed by atoms with Crippen LogP contribution < -0.4 is 9.46 Å². The summed E-state index contributed by atoms with van der Waals surface area (Å²) in [7, 11) is -3.81. The number of nitrogens with one attached hydrogen (secondary N) is 1. The number of ether oxygens (including phenoxy) is 1. The van der Waals surface area contributed by atoms with Gasteiger partial charge in [0, 0.05) is 6.07 Å². The highest BCUT2D eigenvalue weighted by molar-refractivity contribution is 7.92. The molecule has 0 radical (unpaired) electrons. The first-order valence-corrected chi connectivity index (χ1v) is 8.32. The molecule has 8 heteroatoms. The van der Waals surface area contributed by atoms with Crippen LogP contribution in [0.25, 0.3) is 0 Å². The summed E-state index contributed by atoms with van der Waals surface area (Å²) in [5, 5.41) is 11.1. The minimum absolute atomic E-state index is 0.0830. The van der Waals surface area contributed by atoms with E-state index in [1.807, 2.05) is 6.92 Å². The van der Waals surface area contributed by atoms with E-state index in [1.165, 1.54) is 24.3 Å². The summed E-state index contributed by atoms with van der Waals surface area (Å²) in [5.41, 5.74) is 0.734. The van der Waals surface area contributed by atoms with E-state index in [0.29, 0.717) is 0 Å². The van der Waals surface area contributed by atoms with Crippen molar-refractivity contribution in [1.29, 1.82) is 0 Å². The number of benzene rings is 2. The van der Waals surface area contributed by atoms with Gasteiger partial charge in [0.1, 0.15) is 0 Å². The zero-order chi connectivity index (χ0) is 17.0. The van der Waals surface area contributed by atoms with Crippen LogP contribution in [0.1, 0.15) is 12.5 Å². The van der Waals surface area contributed by atoms with Crippen LogP contribution in [-0.4, -0.2) is 19.9 Å². The van der Waals surface area contributed by atoms with Gasteiger partial charge in [-0.15, -0.1) is 0 Å². The first-order valence-electron chi connectivity index (χ1n) is 6.84. The molecule has 0 saturated carbocycles. The highest BCUT2D eigenvalue weighted by Gasteiger charge is 2.19. The number of rotatable bonds is 6. The molecule has 0 bridgehead atoms. The summed E-state index contributed by atoms with van der Waals surface area (Å²) in [6.07, 6.45) is 0. The van der Waals surface area contributed by atoms with E-state index < -0.39 is 14.9 Å². The standard InChI is InChI=1S/C15H16N2O5S/c1-3-22-15-9-6-12(10-14(15)17(18)19)16-23(20,21)13-7-4-11(2)5-8-13/h4-10,16H,3H2,1-2H3. The van der Waals surface area contributed by atoms with Gasteiger partial charge in [0.05, 0.1) is 22.1 Å². The van der Waals surface area contributed by atoms with Crippen LogP contribution in [0.3, 0.4) is 0 Å². The number of sulfonamides is 1. The summed E-state index contributed by atoms with van der Waals surface area (Å²) in [6, 6.07) is 10.2. The van der Waals surface area contributed by atoms with Crippen LogP contribution >= 0.6 is 0 Å². The maximum atomic E-state index is 12.3. The van der Waals surface area contributed by atoms with Crippen LogP contribution in [0.15, 0.2) is 47.4 Å². The summed E-state index contributed by atoms with van der Waals surface area (Å²) in [4.78, 5) is 10.5. The van der Waals surface area contributed by atoms with Gasteiger partial charge in [-0.05, 0) is 38.1 Å². The fourth-order valence-electron chi connectivity index (χ4n) is 1.93. The molecule has 122 valence electrons. The second-order valence-electron chi connectivity index (χ2n) is 4.79. The van der Waals surface area contributed by atoms with Crippen LogP contribution in [0.5, 0.6) is 5.75 Å². The van der Waals surface area contributed by atoms with Gasteiger partial charge in [0.15, 0.2) is 5.75 Å². The van der Waals surface area contributed by atoms with Crippen LogP contribution in [0, 0.1) is 17.0 Å². The van der Waals surface area contributed by atoms with Gasteiger partial charge in [-0.25, -0.2) is 8.42 Å². The SMILES string of the molecule is CCOc1ccc(NS(=O)(=O)c2ccc(C)cc2)cc1[N+](=O)[O-]. The van der Waals surface area contributed by atoms with Crippen molar-refractivity contribution in [3.63, 3.8) is 0 Å².